The molecule has 3 aromatic carbocycles. The van der Waals surface area contributed by atoms with Crippen molar-refractivity contribution < 1.29 is 33.0 Å². The molecule has 0 spiro atoms. The lowest BCUT2D eigenvalue weighted by Gasteiger charge is -2.24. The van der Waals surface area contributed by atoms with E-state index in [4.69, 9.17) is 13.9 Å². The van der Waals surface area contributed by atoms with E-state index in [2.05, 4.69) is 10.2 Å². The lowest BCUT2D eigenvalue weighted by molar-refractivity contribution is -0.117. The number of fused-ring (bicyclic) bond motifs is 1. The highest BCUT2D eigenvalue weighted by Crippen LogP contribution is 2.45. The molecule has 2 aromatic heterocycles. The highest BCUT2D eigenvalue weighted by Gasteiger charge is 2.47. The Morgan fingerprint density at radius 2 is 1.81 bits per heavy atom. The maximum absolute atomic E-state index is 14.1. The van der Waals surface area contributed by atoms with E-state index in [1.807, 2.05) is 6.07 Å². The normalized spacial score (nSPS) is 15.1. The molecule has 1 aliphatic rings. The van der Waals surface area contributed by atoms with Crippen molar-refractivity contribution in [1.82, 2.24) is 10.2 Å². The molecule has 3 heterocycles. The van der Waals surface area contributed by atoms with E-state index in [1.165, 1.54) is 36.9 Å². The van der Waals surface area contributed by atoms with Gasteiger partial charge < -0.3 is 19.0 Å². The van der Waals surface area contributed by atoms with Crippen molar-refractivity contribution in [2.24, 2.45) is 0 Å². The van der Waals surface area contributed by atoms with Gasteiger partial charge in [0.1, 0.15) is 11.4 Å². The first kappa shape index (κ1) is 27.5. The van der Waals surface area contributed by atoms with Crippen molar-refractivity contribution in [2.75, 3.05) is 19.1 Å². The number of rotatable bonds is 9. The number of thioether (sulfide) groups is 1. The lowest BCUT2D eigenvalue weighted by Crippen LogP contribution is -2.31. The minimum absolute atomic E-state index is 0.0312. The van der Waals surface area contributed by atoms with Crippen molar-refractivity contribution in [1.29, 1.82) is 0 Å². The Morgan fingerprint density at radius 3 is 2.57 bits per heavy atom. The Balaban J connectivity index is 1.40. The minimum Gasteiger partial charge on any atom is -0.503 e. The molecule has 1 amide bonds. The van der Waals surface area contributed by atoms with Crippen molar-refractivity contribution in [3.05, 3.63) is 107 Å². The molecule has 1 unspecified atom stereocenters. The number of anilines is 1. The van der Waals surface area contributed by atoms with Gasteiger partial charge in [-0.15, -0.1) is 10.2 Å². The first-order valence-corrected chi connectivity index (χ1v) is 14.4. The number of Topliss-reactive ketones (excluding diaryl/α,β-unsaturated/α-hetero) is 1. The zero-order valence-corrected chi connectivity index (χ0v) is 23.9. The van der Waals surface area contributed by atoms with Crippen LogP contribution in [0.25, 0.3) is 11.0 Å². The van der Waals surface area contributed by atoms with Crippen LogP contribution in [0.5, 0.6) is 11.5 Å². The molecule has 0 saturated carbocycles. The van der Waals surface area contributed by atoms with Crippen molar-refractivity contribution in [3.8, 4) is 11.5 Å². The average Bonchev–Trinajstić information content (AvgIpc) is 3.72. The van der Waals surface area contributed by atoms with E-state index < -0.39 is 23.5 Å². The number of hydrogen-bond acceptors (Lipinski definition) is 10. The Morgan fingerprint density at radius 1 is 1.05 bits per heavy atom. The molecule has 1 N–H and O–H groups in total. The van der Waals surface area contributed by atoms with Gasteiger partial charge in [-0.3, -0.25) is 14.5 Å². The molecule has 0 radical (unpaired) electrons. The van der Waals surface area contributed by atoms with Crippen LogP contribution in [-0.4, -0.2) is 41.2 Å². The van der Waals surface area contributed by atoms with E-state index in [-0.39, 0.29) is 22.3 Å². The number of ketones is 1. The van der Waals surface area contributed by atoms with Crippen molar-refractivity contribution in [3.63, 3.8) is 0 Å². The molecule has 0 fully saturated rings. The minimum atomic E-state index is -1.09. The monoisotopic (exact) mass is 603 g/mol. The molecule has 1 aliphatic heterocycles. The Labute approximate surface area is 247 Å². The number of amides is 1. The van der Waals surface area contributed by atoms with Gasteiger partial charge in [-0.05, 0) is 41.5 Å². The highest BCUT2D eigenvalue weighted by molar-refractivity contribution is 8.00. The number of aliphatic hydroxyl groups is 1. The molecule has 0 aliphatic carbocycles. The van der Waals surface area contributed by atoms with Crippen LogP contribution in [0.1, 0.15) is 27.7 Å². The smallest absolute Gasteiger partial charge is 0.296 e. The number of aromatic nitrogens is 2. The molecule has 9 nitrogen and oxygen atoms in total. The summed E-state index contributed by atoms with van der Waals surface area (Å²) in [4.78, 5) is 28.7. The summed E-state index contributed by atoms with van der Waals surface area (Å²) in [6.07, 6.45) is 0. The standard InChI is InChI=1S/C30H22FN3O6S2/c1-38-21-12-11-17(14-22(21)39-2)25-24(26(35)23-13-16-7-4-6-10-20(16)40-23)27(36)28(37)34(25)29-32-33-30(42-29)41-15-18-8-3-5-9-19(18)31/h3-14,25,36H,15H2,1-2H3. The van der Waals surface area contributed by atoms with Gasteiger partial charge in [0.25, 0.3) is 5.91 Å². The van der Waals surface area contributed by atoms with Crippen LogP contribution in [-0.2, 0) is 10.5 Å². The Bertz CT molecular complexity index is 1830. The molecule has 0 bridgehead atoms. The fourth-order valence-electron chi connectivity index (χ4n) is 4.71. The fourth-order valence-corrected chi connectivity index (χ4v) is 6.57. The van der Waals surface area contributed by atoms with E-state index in [9.17, 15) is 19.1 Å². The largest absolute Gasteiger partial charge is 0.503 e. The van der Waals surface area contributed by atoms with Crippen LogP contribution < -0.4 is 14.4 Å². The van der Waals surface area contributed by atoms with Crippen molar-refractivity contribution in [2.45, 2.75) is 16.1 Å². The van der Waals surface area contributed by atoms with Gasteiger partial charge in [0.2, 0.25) is 10.9 Å². The first-order chi connectivity index (χ1) is 20.4. The predicted molar refractivity (Wildman–Crippen MR) is 156 cm³/mol. The lowest BCUT2D eigenvalue weighted by atomic mass is 9.95. The number of benzene rings is 3. The molecule has 212 valence electrons. The second kappa shape index (κ2) is 11.3. The summed E-state index contributed by atoms with van der Waals surface area (Å²) in [5.74, 6) is -1.46. The summed E-state index contributed by atoms with van der Waals surface area (Å²) >= 11 is 2.34. The summed E-state index contributed by atoms with van der Waals surface area (Å²) in [5, 5.41) is 20.4. The average molecular weight is 604 g/mol. The third kappa shape index (κ3) is 4.88. The van der Waals surface area contributed by atoms with Gasteiger partial charge >= 0.3 is 0 Å². The molecule has 0 saturated heterocycles. The van der Waals surface area contributed by atoms with E-state index in [0.717, 1.165) is 11.3 Å². The molecule has 5 aromatic rings. The summed E-state index contributed by atoms with van der Waals surface area (Å²) in [7, 11) is 2.96. The second-order valence-electron chi connectivity index (χ2n) is 9.16. The molecule has 12 heteroatoms. The molecule has 42 heavy (non-hydrogen) atoms. The maximum atomic E-state index is 14.1. The number of halogens is 1. The molecule has 1 atom stereocenters. The van der Waals surface area contributed by atoms with Crippen LogP contribution in [0.3, 0.4) is 0 Å². The summed E-state index contributed by atoms with van der Waals surface area (Å²) in [5.41, 5.74) is 1.27. The quantitative estimate of drug-likeness (QED) is 0.114. The van der Waals surface area contributed by atoms with E-state index >= 15 is 0 Å². The van der Waals surface area contributed by atoms with Crippen LogP contribution in [0, 0.1) is 5.82 Å². The van der Waals surface area contributed by atoms with E-state index in [0.29, 0.717) is 43.7 Å². The molecular weight excluding hydrogens is 581 g/mol. The number of nitrogens with zero attached hydrogens (tertiary/aromatic N) is 3. The zero-order chi connectivity index (χ0) is 29.4. The van der Waals surface area contributed by atoms with Gasteiger partial charge in [-0.25, -0.2) is 4.39 Å². The van der Waals surface area contributed by atoms with Crippen LogP contribution >= 0.6 is 23.1 Å². The predicted octanol–water partition coefficient (Wildman–Crippen LogP) is 6.52. The fraction of sp³-hybridized carbons (Fsp3) is 0.133. The van der Waals surface area contributed by atoms with Crippen LogP contribution in [0.15, 0.2) is 92.9 Å². The summed E-state index contributed by atoms with van der Waals surface area (Å²) in [6.45, 7) is 0. The summed E-state index contributed by atoms with van der Waals surface area (Å²) in [6, 6.07) is 19.0. The first-order valence-electron chi connectivity index (χ1n) is 12.6. The third-order valence-electron chi connectivity index (χ3n) is 6.74. The number of carbonyl (C=O) groups is 2. The van der Waals surface area contributed by atoms with Gasteiger partial charge in [0, 0.05) is 11.1 Å². The van der Waals surface area contributed by atoms with Gasteiger partial charge in [0.15, 0.2) is 27.4 Å². The number of para-hydroxylation sites is 1. The van der Waals surface area contributed by atoms with Gasteiger partial charge in [-0.1, -0.05) is 65.6 Å². The Hall–Kier alpha value is -4.68. The van der Waals surface area contributed by atoms with Gasteiger partial charge in [0.05, 0.1) is 25.8 Å². The van der Waals surface area contributed by atoms with Crippen LogP contribution in [0.4, 0.5) is 9.52 Å². The third-order valence-corrected chi connectivity index (χ3v) is 8.84. The van der Waals surface area contributed by atoms with Gasteiger partial charge in [-0.2, -0.15) is 0 Å². The number of ether oxygens (including phenoxy) is 2. The Kier molecular flexibility index (Phi) is 7.40. The number of carbonyl (C=O) groups excluding carboxylic acids is 2. The molecule has 6 rings (SSSR count). The summed E-state index contributed by atoms with van der Waals surface area (Å²) < 4.78 is 31.2. The topological polar surface area (TPSA) is 115 Å². The number of methoxy groups -OCH3 is 2. The number of aliphatic hydroxyl groups excluding tert-OH is 1. The highest BCUT2D eigenvalue weighted by atomic mass is 32.2. The number of furan rings is 1. The number of hydrogen-bond donors (Lipinski definition) is 1. The van der Waals surface area contributed by atoms with Crippen molar-refractivity contribution >= 4 is 50.9 Å². The van der Waals surface area contributed by atoms with E-state index in [1.54, 1.807) is 60.7 Å². The van der Waals surface area contributed by atoms with Crippen LogP contribution in [0.2, 0.25) is 0 Å². The SMILES string of the molecule is COc1ccc(C2C(C(=O)c3cc4ccccc4o3)=C(O)C(=O)N2c2nnc(SCc3ccccc3F)s2)cc1OC. The molecular formula is C30H22FN3O6S2. The zero-order valence-electron chi connectivity index (χ0n) is 22.2. The maximum Gasteiger partial charge on any atom is 0.296 e. The second-order valence-corrected chi connectivity index (χ2v) is 11.3.